The van der Waals surface area contributed by atoms with Gasteiger partial charge >= 0.3 is 6.18 Å². The number of rotatable bonds is 7. The van der Waals surface area contributed by atoms with Gasteiger partial charge in [0.1, 0.15) is 11.5 Å². The Morgan fingerprint density at radius 2 is 1.74 bits per heavy atom. The van der Waals surface area contributed by atoms with Crippen molar-refractivity contribution in [1.82, 2.24) is 9.97 Å². The van der Waals surface area contributed by atoms with Gasteiger partial charge in [0, 0.05) is 40.4 Å². The SMILES string of the molecule is O=S(=O)(CCC(F)(F)F)Nc1ccc(F)c(Cc2c[nH]c3ncc(-c4ccc(Cl)cc4)cc23)c1F. The number of fused-ring (bicyclic) bond motifs is 1. The fourth-order valence-electron chi connectivity index (χ4n) is 3.50. The molecule has 0 fully saturated rings. The van der Waals surface area contributed by atoms with E-state index < -0.39 is 51.3 Å². The van der Waals surface area contributed by atoms with E-state index in [1.54, 1.807) is 41.3 Å². The minimum atomic E-state index is -4.70. The van der Waals surface area contributed by atoms with Crippen molar-refractivity contribution in [3.63, 3.8) is 0 Å². The van der Waals surface area contributed by atoms with Gasteiger partial charge < -0.3 is 4.98 Å². The molecule has 0 radical (unpaired) electrons. The highest BCUT2D eigenvalue weighted by molar-refractivity contribution is 7.92. The summed E-state index contributed by atoms with van der Waals surface area (Å²) in [6.07, 6.45) is -3.40. The highest BCUT2D eigenvalue weighted by Gasteiger charge is 2.30. The number of halogens is 6. The van der Waals surface area contributed by atoms with Gasteiger partial charge in [0.05, 0.1) is 17.9 Å². The van der Waals surface area contributed by atoms with Crippen molar-refractivity contribution in [3.8, 4) is 11.1 Å². The second-order valence-electron chi connectivity index (χ2n) is 7.79. The first-order chi connectivity index (χ1) is 16.4. The maximum Gasteiger partial charge on any atom is 0.390 e. The Bertz CT molecular complexity index is 1490. The van der Waals surface area contributed by atoms with Crippen molar-refractivity contribution in [1.29, 1.82) is 0 Å². The van der Waals surface area contributed by atoms with E-state index in [4.69, 9.17) is 11.6 Å². The summed E-state index contributed by atoms with van der Waals surface area (Å²) in [5.74, 6) is -3.43. The quantitative estimate of drug-likeness (QED) is 0.270. The number of nitrogens with one attached hydrogen (secondary N) is 2. The Morgan fingerprint density at radius 1 is 1.03 bits per heavy atom. The molecule has 0 spiro atoms. The minimum absolute atomic E-state index is 0.262. The number of nitrogens with zero attached hydrogens (tertiary/aromatic N) is 1. The van der Waals surface area contributed by atoms with E-state index >= 15 is 4.39 Å². The summed E-state index contributed by atoms with van der Waals surface area (Å²) in [5.41, 5.74) is 1.44. The molecular formula is C23H17ClF5N3O2S. The van der Waals surface area contributed by atoms with Gasteiger partial charge in [-0.1, -0.05) is 23.7 Å². The maximum absolute atomic E-state index is 15.1. The number of pyridine rings is 1. The standard InChI is InChI=1S/C23H17ClF5N3O2S/c24-16-3-1-13(2-4-16)14-9-17-15(12-31-22(17)30-11-14)10-18-19(25)5-6-20(21(18)26)32-35(33,34)8-7-23(27,28)29/h1-6,9,11-12,32H,7-8,10H2,(H,30,31). The monoisotopic (exact) mass is 529 g/mol. The molecule has 0 bridgehead atoms. The summed E-state index contributed by atoms with van der Waals surface area (Å²) >= 11 is 5.93. The molecule has 0 amide bonds. The first-order valence-electron chi connectivity index (χ1n) is 10.2. The van der Waals surface area contributed by atoms with E-state index in [9.17, 15) is 26.0 Å². The molecule has 2 aromatic carbocycles. The predicted molar refractivity (Wildman–Crippen MR) is 124 cm³/mol. The first-order valence-corrected chi connectivity index (χ1v) is 12.2. The number of aromatic amines is 1. The number of benzene rings is 2. The number of H-pyrrole nitrogens is 1. The van der Waals surface area contributed by atoms with Crippen molar-refractivity contribution in [2.75, 3.05) is 10.5 Å². The summed E-state index contributed by atoms with van der Waals surface area (Å²) in [7, 11) is -4.51. The molecule has 0 unspecified atom stereocenters. The van der Waals surface area contributed by atoms with E-state index in [0.717, 1.165) is 23.3 Å². The fraction of sp³-hybridized carbons (Fsp3) is 0.174. The van der Waals surface area contributed by atoms with Crippen molar-refractivity contribution in [2.45, 2.75) is 19.0 Å². The second-order valence-corrected chi connectivity index (χ2v) is 10.1. The molecule has 35 heavy (non-hydrogen) atoms. The molecule has 0 aliphatic carbocycles. The number of alkyl halides is 3. The Hall–Kier alpha value is -3.18. The Balaban J connectivity index is 1.64. The van der Waals surface area contributed by atoms with Gasteiger partial charge in [-0.25, -0.2) is 22.2 Å². The van der Waals surface area contributed by atoms with Crippen LogP contribution in [0.2, 0.25) is 5.02 Å². The van der Waals surface area contributed by atoms with Crippen LogP contribution in [-0.4, -0.2) is 30.3 Å². The van der Waals surface area contributed by atoms with E-state index in [1.807, 2.05) is 0 Å². The molecule has 12 heteroatoms. The van der Waals surface area contributed by atoms with Crippen LogP contribution in [-0.2, 0) is 16.4 Å². The van der Waals surface area contributed by atoms with E-state index in [1.165, 1.54) is 6.20 Å². The number of aromatic nitrogens is 2. The van der Waals surface area contributed by atoms with Crippen LogP contribution in [0.4, 0.5) is 27.6 Å². The van der Waals surface area contributed by atoms with E-state index in [0.29, 0.717) is 21.6 Å². The molecule has 0 aliphatic rings. The van der Waals surface area contributed by atoms with Crippen LogP contribution in [0.3, 0.4) is 0 Å². The molecule has 0 saturated heterocycles. The average molecular weight is 530 g/mol. The molecule has 184 valence electrons. The van der Waals surface area contributed by atoms with Crippen LogP contribution in [0.1, 0.15) is 17.5 Å². The highest BCUT2D eigenvalue weighted by Crippen LogP contribution is 2.30. The smallest absolute Gasteiger partial charge is 0.346 e. The number of sulfonamides is 1. The third-order valence-corrected chi connectivity index (χ3v) is 6.79. The Morgan fingerprint density at radius 3 is 2.43 bits per heavy atom. The van der Waals surface area contributed by atoms with Crippen LogP contribution in [0.15, 0.2) is 54.9 Å². The largest absolute Gasteiger partial charge is 0.390 e. The van der Waals surface area contributed by atoms with Gasteiger partial charge in [-0.2, -0.15) is 13.2 Å². The van der Waals surface area contributed by atoms with Gasteiger partial charge in [0.2, 0.25) is 10.0 Å². The lowest BCUT2D eigenvalue weighted by Crippen LogP contribution is -2.22. The lowest BCUT2D eigenvalue weighted by molar-refractivity contribution is -0.129. The number of hydrogen-bond acceptors (Lipinski definition) is 3. The molecule has 0 atom stereocenters. The molecule has 2 N–H and O–H groups in total. The van der Waals surface area contributed by atoms with Gasteiger partial charge in [-0.3, -0.25) is 4.72 Å². The zero-order valence-corrected chi connectivity index (χ0v) is 19.3. The van der Waals surface area contributed by atoms with Crippen LogP contribution >= 0.6 is 11.6 Å². The lowest BCUT2D eigenvalue weighted by Gasteiger charge is -2.13. The topological polar surface area (TPSA) is 74.8 Å². The fourth-order valence-corrected chi connectivity index (χ4v) is 4.72. The summed E-state index contributed by atoms with van der Waals surface area (Å²) < 4.78 is 92.5. The molecule has 4 aromatic rings. The van der Waals surface area contributed by atoms with Crippen molar-refractivity contribution >= 4 is 38.3 Å². The normalized spacial score (nSPS) is 12.3. The maximum atomic E-state index is 15.1. The van der Waals surface area contributed by atoms with Crippen molar-refractivity contribution in [2.24, 2.45) is 0 Å². The summed E-state index contributed by atoms with van der Waals surface area (Å²) in [6.45, 7) is 0. The molecule has 2 aromatic heterocycles. The molecule has 5 nitrogen and oxygen atoms in total. The molecule has 0 aliphatic heterocycles. The van der Waals surface area contributed by atoms with Gasteiger partial charge in [-0.15, -0.1) is 0 Å². The third-order valence-electron chi connectivity index (χ3n) is 5.27. The molecule has 2 heterocycles. The second kappa shape index (κ2) is 9.46. The average Bonchev–Trinajstić information content (AvgIpc) is 3.19. The molecule has 0 saturated carbocycles. The molecular weight excluding hydrogens is 513 g/mol. The van der Waals surface area contributed by atoms with Gasteiger partial charge in [-0.05, 0) is 41.5 Å². The first kappa shape index (κ1) is 24.9. The highest BCUT2D eigenvalue weighted by atomic mass is 35.5. The number of hydrogen-bond donors (Lipinski definition) is 2. The Kier molecular flexibility index (Phi) is 6.74. The van der Waals surface area contributed by atoms with E-state index in [2.05, 4.69) is 9.97 Å². The molecule has 4 rings (SSSR count). The summed E-state index contributed by atoms with van der Waals surface area (Å²) in [4.78, 5) is 7.26. The summed E-state index contributed by atoms with van der Waals surface area (Å²) in [5, 5.41) is 1.15. The zero-order valence-electron chi connectivity index (χ0n) is 17.8. The van der Waals surface area contributed by atoms with Crippen molar-refractivity contribution < 1.29 is 30.4 Å². The summed E-state index contributed by atoms with van der Waals surface area (Å²) in [6, 6.07) is 10.5. The lowest BCUT2D eigenvalue weighted by atomic mass is 10.0. The minimum Gasteiger partial charge on any atom is -0.346 e. The van der Waals surface area contributed by atoms with Crippen LogP contribution in [0, 0.1) is 11.6 Å². The zero-order chi connectivity index (χ0) is 25.4. The van der Waals surface area contributed by atoms with E-state index in [-0.39, 0.29) is 6.42 Å². The van der Waals surface area contributed by atoms with Crippen LogP contribution < -0.4 is 4.72 Å². The van der Waals surface area contributed by atoms with Gasteiger partial charge in [0.15, 0.2) is 5.82 Å². The van der Waals surface area contributed by atoms with Gasteiger partial charge in [0.25, 0.3) is 0 Å². The van der Waals surface area contributed by atoms with Crippen LogP contribution in [0.25, 0.3) is 22.2 Å². The Labute approximate surface area is 202 Å². The van der Waals surface area contributed by atoms with Crippen molar-refractivity contribution in [3.05, 3.63) is 82.6 Å². The predicted octanol–water partition coefficient (Wildman–Crippen LogP) is 6.45. The number of anilines is 1. The van der Waals surface area contributed by atoms with Crippen LogP contribution in [0.5, 0.6) is 0 Å². The third kappa shape index (κ3) is 5.91.